The van der Waals surface area contributed by atoms with E-state index < -0.39 is 0 Å². The Hall–Kier alpha value is -1.47. The molecular formula is C12H19N5O2. The number of amides is 1. The topological polar surface area (TPSA) is 72.3 Å². The van der Waals surface area contributed by atoms with E-state index in [1.165, 1.54) is 0 Å². The van der Waals surface area contributed by atoms with Gasteiger partial charge < -0.3 is 15.0 Å². The van der Waals surface area contributed by atoms with E-state index in [0.29, 0.717) is 39.1 Å². The molecular weight excluding hydrogens is 246 g/mol. The summed E-state index contributed by atoms with van der Waals surface area (Å²) in [5, 5.41) is 11.6. The minimum Gasteiger partial charge on any atom is -0.378 e. The van der Waals surface area contributed by atoms with Crippen LogP contribution in [-0.4, -0.2) is 58.6 Å². The molecule has 0 aromatic carbocycles. The molecule has 3 rings (SSSR count). The van der Waals surface area contributed by atoms with Crippen molar-refractivity contribution in [3.63, 3.8) is 0 Å². The maximum absolute atomic E-state index is 12.1. The molecule has 1 saturated heterocycles. The lowest BCUT2D eigenvalue weighted by Gasteiger charge is -2.26. The van der Waals surface area contributed by atoms with E-state index in [9.17, 15) is 4.79 Å². The normalized spacial score (nSPS) is 19.3. The molecule has 2 aliphatic rings. The third-order valence-electron chi connectivity index (χ3n) is 3.65. The van der Waals surface area contributed by atoms with E-state index >= 15 is 0 Å². The highest BCUT2D eigenvalue weighted by Crippen LogP contribution is 2.11. The van der Waals surface area contributed by atoms with Crippen LogP contribution in [0.4, 0.5) is 0 Å². The summed E-state index contributed by atoms with van der Waals surface area (Å²) in [4.78, 5) is 13.9. The molecule has 1 aromatic rings. The molecule has 1 aromatic heterocycles. The van der Waals surface area contributed by atoms with Gasteiger partial charge in [0.1, 0.15) is 0 Å². The number of carbonyl (C=O) groups excluding carboxylic acids is 1. The molecule has 7 nitrogen and oxygen atoms in total. The van der Waals surface area contributed by atoms with Gasteiger partial charge in [-0.2, -0.15) is 0 Å². The molecule has 0 bridgehead atoms. The third kappa shape index (κ3) is 2.76. The third-order valence-corrected chi connectivity index (χ3v) is 3.65. The lowest BCUT2D eigenvalue weighted by molar-refractivity contribution is -0.135. The van der Waals surface area contributed by atoms with E-state index in [-0.39, 0.29) is 5.91 Å². The highest BCUT2D eigenvalue weighted by molar-refractivity contribution is 5.76. The van der Waals surface area contributed by atoms with Crippen molar-refractivity contribution in [1.82, 2.24) is 25.2 Å². The first kappa shape index (κ1) is 12.6. The van der Waals surface area contributed by atoms with Crippen LogP contribution in [0.5, 0.6) is 0 Å². The first-order valence-corrected chi connectivity index (χ1v) is 6.82. The van der Waals surface area contributed by atoms with Crippen molar-refractivity contribution in [2.75, 3.05) is 32.8 Å². The van der Waals surface area contributed by atoms with Crippen LogP contribution < -0.4 is 5.32 Å². The average molecular weight is 265 g/mol. The minimum absolute atomic E-state index is 0.189. The maximum atomic E-state index is 12.1. The molecule has 0 aliphatic carbocycles. The van der Waals surface area contributed by atoms with Crippen molar-refractivity contribution >= 4 is 5.91 Å². The second kappa shape index (κ2) is 5.66. The summed E-state index contributed by atoms with van der Waals surface area (Å²) in [6, 6.07) is 0. The van der Waals surface area contributed by atoms with Crippen LogP contribution in [0, 0.1) is 0 Å². The fraction of sp³-hybridized carbons (Fsp3) is 0.750. The standard InChI is InChI=1S/C12H19N5O2/c18-12(16-5-7-19-8-6-16)2-1-10-11-9-13-3-4-17(11)15-14-10/h13H,1-9H2. The van der Waals surface area contributed by atoms with Crippen molar-refractivity contribution < 1.29 is 9.53 Å². The van der Waals surface area contributed by atoms with Gasteiger partial charge in [-0.15, -0.1) is 5.10 Å². The highest BCUT2D eigenvalue weighted by Gasteiger charge is 2.20. The SMILES string of the molecule is O=C(CCc1nnn2c1CNCC2)N1CCOCC1. The van der Waals surface area contributed by atoms with Gasteiger partial charge >= 0.3 is 0 Å². The molecule has 19 heavy (non-hydrogen) atoms. The average Bonchev–Trinajstić information content (AvgIpc) is 2.89. The van der Waals surface area contributed by atoms with E-state index in [0.717, 1.165) is 31.0 Å². The molecule has 7 heteroatoms. The molecule has 1 fully saturated rings. The summed E-state index contributed by atoms with van der Waals surface area (Å²) in [7, 11) is 0. The van der Waals surface area contributed by atoms with Gasteiger partial charge in [0.15, 0.2) is 0 Å². The molecule has 3 heterocycles. The van der Waals surface area contributed by atoms with Crippen LogP contribution in [0.2, 0.25) is 0 Å². The van der Waals surface area contributed by atoms with Crippen LogP contribution in [0.15, 0.2) is 0 Å². The number of rotatable bonds is 3. The number of morpholine rings is 1. The Balaban J connectivity index is 1.57. The number of carbonyl (C=O) groups is 1. The van der Waals surface area contributed by atoms with Gasteiger partial charge in [0.2, 0.25) is 5.91 Å². The summed E-state index contributed by atoms with van der Waals surface area (Å²) in [5.41, 5.74) is 2.08. The van der Waals surface area contributed by atoms with Crippen molar-refractivity contribution in [1.29, 1.82) is 0 Å². The fourth-order valence-electron chi connectivity index (χ4n) is 2.52. The number of ether oxygens (including phenoxy) is 1. The van der Waals surface area contributed by atoms with Crippen LogP contribution >= 0.6 is 0 Å². The van der Waals surface area contributed by atoms with Crippen molar-refractivity contribution in [2.45, 2.75) is 25.9 Å². The van der Waals surface area contributed by atoms with E-state index in [4.69, 9.17) is 4.74 Å². The first-order valence-electron chi connectivity index (χ1n) is 6.82. The zero-order valence-corrected chi connectivity index (χ0v) is 11.0. The van der Waals surface area contributed by atoms with Gasteiger partial charge in [0, 0.05) is 39.0 Å². The molecule has 1 amide bonds. The Bertz CT molecular complexity index is 453. The summed E-state index contributed by atoms with van der Waals surface area (Å²) < 4.78 is 7.18. The monoisotopic (exact) mass is 265 g/mol. The Morgan fingerprint density at radius 2 is 2.16 bits per heavy atom. The van der Waals surface area contributed by atoms with Gasteiger partial charge in [-0.3, -0.25) is 4.79 Å². The molecule has 0 spiro atoms. The van der Waals surface area contributed by atoms with E-state index in [1.54, 1.807) is 0 Å². The lowest BCUT2D eigenvalue weighted by Crippen LogP contribution is -2.40. The minimum atomic E-state index is 0.189. The van der Waals surface area contributed by atoms with Gasteiger partial charge in [0.25, 0.3) is 0 Å². The first-order chi connectivity index (χ1) is 9.34. The largest absolute Gasteiger partial charge is 0.378 e. The van der Waals surface area contributed by atoms with E-state index in [1.807, 2.05) is 9.58 Å². The maximum Gasteiger partial charge on any atom is 0.223 e. The molecule has 1 N–H and O–H groups in total. The molecule has 2 aliphatic heterocycles. The Morgan fingerprint density at radius 3 is 3.00 bits per heavy atom. The van der Waals surface area contributed by atoms with Gasteiger partial charge in [-0.25, -0.2) is 4.68 Å². The number of fused-ring (bicyclic) bond motifs is 1. The number of aryl methyl sites for hydroxylation is 1. The second-order valence-electron chi connectivity index (χ2n) is 4.88. The summed E-state index contributed by atoms with van der Waals surface area (Å²) in [6.07, 6.45) is 1.18. The number of nitrogens with zero attached hydrogens (tertiary/aromatic N) is 4. The zero-order chi connectivity index (χ0) is 13.1. The quantitative estimate of drug-likeness (QED) is 0.772. The fourth-order valence-corrected chi connectivity index (χ4v) is 2.52. The van der Waals surface area contributed by atoms with Crippen LogP contribution in [0.25, 0.3) is 0 Å². The van der Waals surface area contributed by atoms with Crippen LogP contribution in [0.3, 0.4) is 0 Å². The summed E-state index contributed by atoms with van der Waals surface area (Å²) in [5.74, 6) is 0.189. The Kier molecular flexibility index (Phi) is 3.74. The lowest BCUT2D eigenvalue weighted by atomic mass is 10.1. The zero-order valence-electron chi connectivity index (χ0n) is 11.0. The van der Waals surface area contributed by atoms with Gasteiger partial charge in [0.05, 0.1) is 31.1 Å². The molecule has 0 saturated carbocycles. The number of aromatic nitrogens is 3. The number of hydrogen-bond acceptors (Lipinski definition) is 5. The summed E-state index contributed by atoms with van der Waals surface area (Å²) >= 11 is 0. The molecule has 0 unspecified atom stereocenters. The van der Waals surface area contributed by atoms with Gasteiger partial charge in [-0.05, 0) is 0 Å². The Morgan fingerprint density at radius 1 is 1.32 bits per heavy atom. The molecule has 0 atom stereocenters. The Labute approximate surface area is 111 Å². The summed E-state index contributed by atoms with van der Waals surface area (Å²) in [6.45, 7) is 5.31. The predicted molar refractivity (Wildman–Crippen MR) is 67.4 cm³/mol. The smallest absolute Gasteiger partial charge is 0.223 e. The predicted octanol–water partition coefficient (Wildman–Crippen LogP) is -0.827. The molecule has 0 radical (unpaired) electrons. The number of nitrogens with one attached hydrogen (secondary N) is 1. The molecule has 104 valence electrons. The highest BCUT2D eigenvalue weighted by atomic mass is 16.5. The number of hydrogen-bond donors (Lipinski definition) is 1. The van der Waals surface area contributed by atoms with Crippen molar-refractivity contribution in [2.24, 2.45) is 0 Å². The second-order valence-corrected chi connectivity index (χ2v) is 4.88. The van der Waals surface area contributed by atoms with Gasteiger partial charge in [-0.1, -0.05) is 5.21 Å². The van der Waals surface area contributed by atoms with Crippen molar-refractivity contribution in [3.8, 4) is 0 Å². The van der Waals surface area contributed by atoms with Crippen LogP contribution in [-0.2, 0) is 29.0 Å². The van der Waals surface area contributed by atoms with Crippen molar-refractivity contribution in [3.05, 3.63) is 11.4 Å². The van der Waals surface area contributed by atoms with E-state index in [2.05, 4.69) is 15.6 Å². The van der Waals surface area contributed by atoms with Crippen LogP contribution in [0.1, 0.15) is 17.8 Å².